The fraction of sp³-hybridized carbons (Fsp3) is 0.250. The van der Waals surface area contributed by atoms with E-state index in [1.54, 1.807) is 6.92 Å². The highest BCUT2D eigenvalue weighted by molar-refractivity contribution is 6.06. The first-order valence-electron chi connectivity index (χ1n) is 8.55. The summed E-state index contributed by atoms with van der Waals surface area (Å²) in [4.78, 5) is 17.3. The Kier molecular flexibility index (Phi) is 3.95. The van der Waals surface area contributed by atoms with Crippen molar-refractivity contribution in [1.29, 1.82) is 0 Å². The third-order valence-electron chi connectivity index (χ3n) is 4.37. The monoisotopic (exact) mass is 349 g/mol. The standard InChI is InChI=1S/C20H19N3O3/c1-11(2)16-9-15(18-12(3)23-26-20(18)22-16)19(24)21-10-14-8-13-6-4-5-7-17(13)25-14/h4-9,11H,10H2,1-3H3,(H,21,24). The summed E-state index contributed by atoms with van der Waals surface area (Å²) in [6.45, 7) is 6.15. The summed E-state index contributed by atoms with van der Waals surface area (Å²) < 4.78 is 11.0. The molecule has 4 aromatic rings. The smallest absolute Gasteiger partial charge is 0.259 e. The van der Waals surface area contributed by atoms with Gasteiger partial charge >= 0.3 is 0 Å². The quantitative estimate of drug-likeness (QED) is 0.593. The summed E-state index contributed by atoms with van der Waals surface area (Å²) in [6.07, 6.45) is 0. The van der Waals surface area contributed by atoms with Crippen molar-refractivity contribution in [3.8, 4) is 0 Å². The summed E-state index contributed by atoms with van der Waals surface area (Å²) in [5, 5.41) is 8.54. The highest BCUT2D eigenvalue weighted by Crippen LogP contribution is 2.25. The number of nitrogens with zero attached hydrogens (tertiary/aromatic N) is 2. The van der Waals surface area contributed by atoms with Gasteiger partial charge in [0.1, 0.15) is 11.3 Å². The molecule has 1 N–H and O–H groups in total. The molecule has 0 bridgehead atoms. The molecular formula is C20H19N3O3. The molecule has 3 heterocycles. The van der Waals surface area contributed by atoms with E-state index < -0.39 is 0 Å². The first-order chi connectivity index (χ1) is 12.5. The summed E-state index contributed by atoms with van der Waals surface area (Å²) in [5.74, 6) is 0.675. The third kappa shape index (κ3) is 2.83. The molecule has 1 amide bonds. The number of benzene rings is 1. The fourth-order valence-electron chi connectivity index (χ4n) is 2.98. The lowest BCUT2D eigenvalue weighted by Crippen LogP contribution is -2.23. The molecule has 0 saturated heterocycles. The number of furan rings is 1. The maximum Gasteiger partial charge on any atom is 0.259 e. The zero-order valence-electron chi connectivity index (χ0n) is 14.9. The first-order valence-corrected chi connectivity index (χ1v) is 8.55. The Balaban J connectivity index is 1.64. The van der Waals surface area contributed by atoms with Gasteiger partial charge in [0.2, 0.25) is 0 Å². The second-order valence-corrected chi connectivity index (χ2v) is 6.63. The number of nitrogens with one attached hydrogen (secondary N) is 1. The minimum atomic E-state index is -0.203. The maximum atomic E-state index is 12.8. The number of pyridine rings is 1. The van der Waals surface area contributed by atoms with E-state index in [-0.39, 0.29) is 11.8 Å². The van der Waals surface area contributed by atoms with Gasteiger partial charge in [0.15, 0.2) is 0 Å². The van der Waals surface area contributed by atoms with Crippen molar-refractivity contribution in [3.05, 3.63) is 59.1 Å². The van der Waals surface area contributed by atoms with Crippen LogP contribution < -0.4 is 5.32 Å². The molecule has 0 aliphatic rings. The van der Waals surface area contributed by atoms with E-state index in [9.17, 15) is 4.79 Å². The topological polar surface area (TPSA) is 81.2 Å². The van der Waals surface area contributed by atoms with E-state index in [0.717, 1.165) is 16.7 Å². The molecule has 6 nitrogen and oxygen atoms in total. The van der Waals surface area contributed by atoms with Gasteiger partial charge in [-0.1, -0.05) is 37.2 Å². The number of para-hydroxylation sites is 1. The molecule has 0 unspecified atom stereocenters. The molecule has 0 radical (unpaired) electrons. The van der Waals surface area contributed by atoms with Crippen LogP contribution in [-0.4, -0.2) is 16.0 Å². The number of fused-ring (bicyclic) bond motifs is 2. The predicted octanol–water partition coefficient (Wildman–Crippen LogP) is 4.33. The molecule has 4 rings (SSSR count). The van der Waals surface area contributed by atoms with Gasteiger partial charge in [-0.25, -0.2) is 4.98 Å². The molecule has 0 saturated carbocycles. The van der Waals surface area contributed by atoms with E-state index in [2.05, 4.69) is 15.5 Å². The van der Waals surface area contributed by atoms with E-state index in [1.165, 1.54) is 0 Å². The van der Waals surface area contributed by atoms with Crippen molar-refractivity contribution < 1.29 is 13.7 Å². The minimum absolute atomic E-state index is 0.173. The number of hydrogen-bond donors (Lipinski definition) is 1. The second kappa shape index (κ2) is 6.29. The average Bonchev–Trinajstić information content (AvgIpc) is 3.22. The minimum Gasteiger partial charge on any atom is -0.459 e. The number of aromatic nitrogens is 2. The Bertz CT molecular complexity index is 1080. The van der Waals surface area contributed by atoms with Crippen LogP contribution in [0.3, 0.4) is 0 Å². The fourth-order valence-corrected chi connectivity index (χ4v) is 2.98. The predicted molar refractivity (Wildman–Crippen MR) is 98.0 cm³/mol. The van der Waals surface area contributed by atoms with Crippen molar-refractivity contribution in [2.24, 2.45) is 0 Å². The van der Waals surface area contributed by atoms with Gasteiger partial charge in [-0.15, -0.1) is 0 Å². The van der Waals surface area contributed by atoms with Crippen molar-refractivity contribution in [3.63, 3.8) is 0 Å². The number of rotatable bonds is 4. The Morgan fingerprint density at radius 2 is 2.04 bits per heavy atom. The van der Waals surface area contributed by atoms with E-state index in [4.69, 9.17) is 8.94 Å². The third-order valence-corrected chi connectivity index (χ3v) is 4.37. The molecule has 0 atom stereocenters. The normalized spacial score (nSPS) is 11.5. The van der Waals surface area contributed by atoms with Gasteiger partial charge in [0.05, 0.1) is 23.2 Å². The Hall–Kier alpha value is -3.15. The summed E-state index contributed by atoms with van der Waals surface area (Å²) in [7, 11) is 0. The zero-order valence-corrected chi connectivity index (χ0v) is 14.9. The summed E-state index contributed by atoms with van der Waals surface area (Å²) in [5.41, 5.74) is 3.16. The van der Waals surface area contributed by atoms with Gasteiger partial charge in [-0.05, 0) is 31.0 Å². The first kappa shape index (κ1) is 16.3. The van der Waals surface area contributed by atoms with Crippen LogP contribution in [0.15, 0.2) is 45.3 Å². The van der Waals surface area contributed by atoms with Crippen molar-refractivity contribution in [2.45, 2.75) is 33.2 Å². The number of hydrogen-bond acceptors (Lipinski definition) is 5. The molecular weight excluding hydrogens is 330 g/mol. The van der Waals surface area contributed by atoms with Crippen molar-refractivity contribution >= 4 is 28.0 Å². The number of aryl methyl sites for hydroxylation is 1. The van der Waals surface area contributed by atoms with Gasteiger partial charge in [0, 0.05) is 11.1 Å². The lowest BCUT2D eigenvalue weighted by Gasteiger charge is -2.09. The molecule has 3 aromatic heterocycles. The number of amides is 1. The Morgan fingerprint density at radius 1 is 1.23 bits per heavy atom. The van der Waals surface area contributed by atoms with E-state index in [0.29, 0.717) is 34.7 Å². The highest BCUT2D eigenvalue weighted by Gasteiger charge is 2.20. The van der Waals surface area contributed by atoms with Crippen LogP contribution >= 0.6 is 0 Å². The molecule has 1 aromatic carbocycles. The number of carbonyl (C=O) groups is 1. The van der Waals surface area contributed by atoms with Gasteiger partial charge in [-0.3, -0.25) is 4.79 Å². The Morgan fingerprint density at radius 3 is 2.81 bits per heavy atom. The van der Waals surface area contributed by atoms with E-state index >= 15 is 0 Å². The van der Waals surface area contributed by atoms with Crippen LogP contribution in [0.5, 0.6) is 0 Å². The average molecular weight is 349 g/mol. The van der Waals surface area contributed by atoms with E-state index in [1.807, 2.05) is 50.2 Å². The Labute approximate surface area is 150 Å². The van der Waals surface area contributed by atoms with Crippen LogP contribution in [0, 0.1) is 6.92 Å². The lowest BCUT2D eigenvalue weighted by molar-refractivity contribution is 0.0949. The molecule has 0 fully saturated rings. The van der Waals surface area contributed by atoms with Gasteiger partial charge in [-0.2, -0.15) is 0 Å². The summed E-state index contributed by atoms with van der Waals surface area (Å²) in [6, 6.07) is 11.5. The van der Waals surface area contributed by atoms with Crippen LogP contribution in [0.2, 0.25) is 0 Å². The SMILES string of the molecule is Cc1noc2nc(C(C)C)cc(C(=O)NCc3cc4ccccc4o3)c12. The highest BCUT2D eigenvalue weighted by atomic mass is 16.5. The van der Waals surface area contributed by atoms with Gasteiger partial charge in [0.25, 0.3) is 11.6 Å². The van der Waals surface area contributed by atoms with Crippen LogP contribution in [-0.2, 0) is 6.54 Å². The van der Waals surface area contributed by atoms with Crippen molar-refractivity contribution in [1.82, 2.24) is 15.5 Å². The zero-order chi connectivity index (χ0) is 18.3. The molecule has 0 spiro atoms. The molecule has 132 valence electrons. The largest absolute Gasteiger partial charge is 0.459 e. The van der Waals surface area contributed by atoms with Gasteiger partial charge < -0.3 is 14.3 Å². The molecule has 26 heavy (non-hydrogen) atoms. The van der Waals surface area contributed by atoms with Crippen LogP contribution in [0.4, 0.5) is 0 Å². The molecule has 6 heteroatoms. The summed E-state index contributed by atoms with van der Waals surface area (Å²) >= 11 is 0. The number of carbonyl (C=O) groups excluding carboxylic acids is 1. The lowest BCUT2D eigenvalue weighted by atomic mass is 10.0. The molecule has 0 aliphatic heterocycles. The maximum absolute atomic E-state index is 12.8. The van der Waals surface area contributed by atoms with Crippen LogP contribution in [0.25, 0.3) is 22.1 Å². The van der Waals surface area contributed by atoms with Crippen molar-refractivity contribution in [2.75, 3.05) is 0 Å². The second-order valence-electron chi connectivity index (χ2n) is 6.63. The molecule has 0 aliphatic carbocycles. The van der Waals surface area contributed by atoms with Crippen LogP contribution in [0.1, 0.15) is 47.3 Å².